The molecule has 0 radical (unpaired) electrons. The van der Waals surface area contributed by atoms with E-state index in [9.17, 15) is 9.59 Å². The third kappa shape index (κ3) is 2.87. The van der Waals surface area contributed by atoms with E-state index in [1.807, 2.05) is 12.1 Å². The highest BCUT2D eigenvalue weighted by Crippen LogP contribution is 2.56. The number of halogens is 2. The number of hydrogen-bond acceptors (Lipinski definition) is 6. The zero-order chi connectivity index (χ0) is 23.5. The maximum atomic E-state index is 14.4. The van der Waals surface area contributed by atoms with Gasteiger partial charge in [0, 0.05) is 16.9 Å². The second-order valence-corrected chi connectivity index (χ2v) is 8.58. The Labute approximate surface area is 198 Å². The fourth-order valence-corrected chi connectivity index (χ4v) is 4.98. The Morgan fingerprint density at radius 3 is 2.73 bits per heavy atom. The summed E-state index contributed by atoms with van der Waals surface area (Å²) in [4.78, 5) is 29.0. The van der Waals surface area contributed by atoms with Crippen LogP contribution >= 0.6 is 23.2 Å². The number of anilines is 1. The number of ether oxygens (including phenoxy) is 2. The maximum absolute atomic E-state index is 14.4. The van der Waals surface area contributed by atoms with Gasteiger partial charge in [-0.2, -0.15) is 0 Å². The molecule has 5 rings (SSSR count). The molecule has 1 unspecified atom stereocenters. The highest BCUT2D eigenvalue weighted by molar-refractivity contribution is 6.42. The lowest BCUT2D eigenvalue weighted by atomic mass is 9.68. The zero-order valence-corrected chi connectivity index (χ0v) is 19.1. The Hall–Kier alpha value is -3.49. The Kier molecular flexibility index (Phi) is 4.88. The molecule has 0 saturated carbocycles. The number of hydrogen-bond donors (Lipinski definition) is 2. The van der Waals surface area contributed by atoms with Crippen LogP contribution in [0.4, 0.5) is 5.69 Å². The number of amides is 1. The number of methoxy groups -OCH3 is 1. The van der Waals surface area contributed by atoms with E-state index >= 15 is 0 Å². The quantitative estimate of drug-likeness (QED) is 0.549. The SMILES string of the molecule is COC(=O)C1=C(N)Oc2n[nH]c(C)c2C12C(=O)N(Cc1ccc(Cl)c(Cl)c1)c1ccccc12. The third-order valence-electron chi connectivity index (χ3n) is 6.00. The fraction of sp³-hybridized carbons (Fsp3) is 0.174. The number of carbonyl (C=O) groups is 2. The van der Waals surface area contributed by atoms with E-state index in [-0.39, 0.29) is 29.8 Å². The molecule has 3 heterocycles. The van der Waals surface area contributed by atoms with Crippen molar-refractivity contribution < 1.29 is 19.1 Å². The molecule has 2 aliphatic heterocycles. The number of aryl methyl sites for hydroxylation is 1. The summed E-state index contributed by atoms with van der Waals surface area (Å²) < 4.78 is 10.7. The van der Waals surface area contributed by atoms with Gasteiger partial charge in [-0.1, -0.05) is 47.5 Å². The van der Waals surface area contributed by atoms with Gasteiger partial charge in [-0.25, -0.2) is 4.79 Å². The minimum absolute atomic E-state index is 0.0870. The standard InChI is InChI=1S/C23H18Cl2N4O4/c1-11-17-20(28-27-11)33-19(26)18(21(30)32-2)23(17)13-5-3-4-6-16(13)29(22(23)31)10-12-7-8-14(24)15(25)9-12/h3-9H,10,26H2,1-2H3,(H,27,28). The lowest BCUT2D eigenvalue weighted by Gasteiger charge is -2.34. The number of nitrogens with one attached hydrogen (secondary N) is 1. The van der Waals surface area contributed by atoms with Crippen LogP contribution in [0.3, 0.4) is 0 Å². The van der Waals surface area contributed by atoms with Gasteiger partial charge in [0.15, 0.2) is 0 Å². The van der Waals surface area contributed by atoms with E-state index in [0.717, 1.165) is 5.56 Å². The first-order chi connectivity index (χ1) is 15.8. The lowest BCUT2D eigenvalue weighted by molar-refractivity contribution is -0.138. The van der Waals surface area contributed by atoms with Crippen molar-refractivity contribution in [2.45, 2.75) is 18.9 Å². The van der Waals surface area contributed by atoms with E-state index in [1.165, 1.54) is 7.11 Å². The number of para-hydroxylation sites is 1. The van der Waals surface area contributed by atoms with Crippen molar-refractivity contribution in [3.63, 3.8) is 0 Å². The predicted octanol–water partition coefficient (Wildman–Crippen LogP) is 3.59. The summed E-state index contributed by atoms with van der Waals surface area (Å²) in [6.45, 7) is 1.95. The molecule has 33 heavy (non-hydrogen) atoms. The average Bonchev–Trinajstić information content (AvgIpc) is 3.28. The van der Waals surface area contributed by atoms with Crippen LogP contribution in [0.2, 0.25) is 10.0 Å². The van der Waals surface area contributed by atoms with E-state index in [4.69, 9.17) is 38.4 Å². The van der Waals surface area contributed by atoms with Crippen molar-refractivity contribution in [1.82, 2.24) is 10.2 Å². The summed E-state index contributed by atoms with van der Waals surface area (Å²) in [6.07, 6.45) is 0. The third-order valence-corrected chi connectivity index (χ3v) is 6.74. The Balaban J connectivity index is 1.78. The first kappa shape index (κ1) is 21.4. The largest absolute Gasteiger partial charge is 0.465 e. The molecular weight excluding hydrogens is 467 g/mol. The predicted molar refractivity (Wildman–Crippen MR) is 122 cm³/mol. The number of benzene rings is 2. The van der Waals surface area contributed by atoms with Gasteiger partial charge < -0.3 is 20.1 Å². The molecule has 1 atom stereocenters. The molecule has 0 saturated heterocycles. The van der Waals surface area contributed by atoms with Crippen molar-refractivity contribution >= 4 is 40.8 Å². The van der Waals surface area contributed by atoms with Gasteiger partial charge in [0.25, 0.3) is 0 Å². The Bertz CT molecular complexity index is 1370. The Morgan fingerprint density at radius 1 is 1.24 bits per heavy atom. The summed E-state index contributed by atoms with van der Waals surface area (Å²) >= 11 is 12.3. The van der Waals surface area contributed by atoms with Crippen LogP contribution < -0.4 is 15.4 Å². The number of nitrogens with zero attached hydrogens (tertiary/aromatic N) is 2. The van der Waals surface area contributed by atoms with Gasteiger partial charge in [0.05, 0.1) is 29.3 Å². The van der Waals surface area contributed by atoms with E-state index < -0.39 is 11.4 Å². The van der Waals surface area contributed by atoms with Gasteiger partial charge >= 0.3 is 5.97 Å². The minimum atomic E-state index is -1.59. The molecule has 168 valence electrons. The Morgan fingerprint density at radius 2 is 2.00 bits per heavy atom. The normalized spacial score (nSPS) is 18.9. The summed E-state index contributed by atoms with van der Waals surface area (Å²) in [5.74, 6) is -1.25. The van der Waals surface area contributed by atoms with Gasteiger partial charge in [0.2, 0.25) is 17.7 Å². The van der Waals surface area contributed by atoms with E-state index in [0.29, 0.717) is 32.6 Å². The van der Waals surface area contributed by atoms with Crippen LogP contribution in [-0.4, -0.2) is 29.2 Å². The van der Waals surface area contributed by atoms with Gasteiger partial charge in [-0.3, -0.25) is 9.89 Å². The second kappa shape index (κ2) is 7.54. The molecule has 1 spiro atoms. The summed E-state index contributed by atoms with van der Waals surface area (Å²) in [5, 5.41) is 7.80. The molecule has 8 nitrogen and oxygen atoms in total. The first-order valence-corrected chi connectivity index (χ1v) is 10.7. The molecule has 0 fully saturated rings. The first-order valence-electron chi connectivity index (χ1n) is 9.98. The van der Waals surface area contributed by atoms with Crippen LogP contribution in [0, 0.1) is 6.92 Å². The molecule has 0 aliphatic carbocycles. The monoisotopic (exact) mass is 484 g/mol. The lowest BCUT2D eigenvalue weighted by Crippen LogP contribution is -2.48. The molecule has 3 N–H and O–H groups in total. The van der Waals surface area contributed by atoms with Crippen LogP contribution in [0.15, 0.2) is 53.9 Å². The molecule has 0 bridgehead atoms. The molecule has 2 aliphatic rings. The van der Waals surface area contributed by atoms with Crippen LogP contribution in [-0.2, 0) is 26.3 Å². The number of rotatable bonds is 3. The van der Waals surface area contributed by atoms with Gasteiger partial charge in [-0.05, 0) is 30.7 Å². The molecular formula is C23H18Cl2N4O4. The van der Waals surface area contributed by atoms with Crippen LogP contribution in [0.5, 0.6) is 5.88 Å². The second-order valence-electron chi connectivity index (χ2n) is 7.77. The average molecular weight is 485 g/mol. The van der Waals surface area contributed by atoms with Crippen molar-refractivity contribution in [2.24, 2.45) is 5.73 Å². The van der Waals surface area contributed by atoms with E-state index in [1.54, 1.807) is 42.2 Å². The summed E-state index contributed by atoms with van der Waals surface area (Å²) in [5.41, 5.74) is 7.46. The number of nitrogens with two attached hydrogens (primary N) is 1. The molecule has 1 amide bonds. The number of aromatic amines is 1. The highest BCUT2D eigenvalue weighted by Gasteiger charge is 2.62. The number of H-pyrrole nitrogens is 1. The fourth-order valence-electron chi connectivity index (χ4n) is 4.66. The minimum Gasteiger partial charge on any atom is -0.465 e. The van der Waals surface area contributed by atoms with E-state index in [2.05, 4.69) is 10.2 Å². The molecule has 3 aromatic rings. The van der Waals surface area contributed by atoms with Gasteiger partial charge in [0.1, 0.15) is 11.0 Å². The number of aromatic nitrogens is 2. The summed E-state index contributed by atoms with van der Waals surface area (Å²) in [6, 6.07) is 12.4. The maximum Gasteiger partial charge on any atom is 0.340 e. The molecule has 1 aromatic heterocycles. The van der Waals surface area contributed by atoms with Crippen molar-refractivity contribution in [3.8, 4) is 5.88 Å². The van der Waals surface area contributed by atoms with Crippen molar-refractivity contribution in [2.75, 3.05) is 12.0 Å². The molecule has 10 heteroatoms. The summed E-state index contributed by atoms with van der Waals surface area (Å²) in [7, 11) is 1.23. The zero-order valence-electron chi connectivity index (χ0n) is 17.6. The van der Waals surface area contributed by atoms with Crippen LogP contribution in [0.1, 0.15) is 22.4 Å². The topological polar surface area (TPSA) is 111 Å². The van der Waals surface area contributed by atoms with Crippen molar-refractivity contribution in [1.29, 1.82) is 0 Å². The number of fused-ring (bicyclic) bond motifs is 4. The number of carbonyl (C=O) groups excluding carboxylic acids is 2. The number of esters is 1. The van der Waals surface area contributed by atoms with Gasteiger partial charge in [-0.15, -0.1) is 5.10 Å². The highest BCUT2D eigenvalue weighted by atomic mass is 35.5. The molecule has 2 aromatic carbocycles. The van der Waals surface area contributed by atoms with Crippen molar-refractivity contribution in [3.05, 3.63) is 86.4 Å². The smallest absolute Gasteiger partial charge is 0.340 e. The van der Waals surface area contributed by atoms with Crippen LogP contribution in [0.25, 0.3) is 0 Å².